The van der Waals surface area contributed by atoms with Crippen LogP contribution in [0.2, 0.25) is 0 Å². The monoisotopic (exact) mass is 184 g/mol. The molecule has 1 aliphatic heterocycles. The Kier molecular flexibility index (Phi) is 4.46. The van der Waals surface area contributed by atoms with Gasteiger partial charge < -0.3 is 9.47 Å². The molecule has 1 heterocycles. The SMILES string of the molecule is C=CC1CC(OCCCC)OC1C. The zero-order chi connectivity index (χ0) is 9.68. The van der Waals surface area contributed by atoms with E-state index in [2.05, 4.69) is 20.4 Å². The third kappa shape index (κ3) is 3.12. The van der Waals surface area contributed by atoms with Gasteiger partial charge >= 0.3 is 0 Å². The Morgan fingerprint density at radius 2 is 2.38 bits per heavy atom. The molecule has 0 aromatic heterocycles. The average molecular weight is 184 g/mol. The van der Waals surface area contributed by atoms with Crippen LogP contribution in [0.3, 0.4) is 0 Å². The highest BCUT2D eigenvalue weighted by atomic mass is 16.7. The first-order chi connectivity index (χ1) is 6.27. The molecule has 0 bridgehead atoms. The molecule has 0 aliphatic carbocycles. The summed E-state index contributed by atoms with van der Waals surface area (Å²) >= 11 is 0. The molecule has 1 saturated heterocycles. The van der Waals surface area contributed by atoms with Crippen molar-refractivity contribution in [3.63, 3.8) is 0 Å². The lowest BCUT2D eigenvalue weighted by molar-refractivity contribution is -0.130. The molecule has 1 aliphatic rings. The molecule has 0 aromatic rings. The molecule has 0 amide bonds. The van der Waals surface area contributed by atoms with E-state index in [1.54, 1.807) is 0 Å². The van der Waals surface area contributed by atoms with E-state index < -0.39 is 0 Å². The first-order valence-electron chi connectivity index (χ1n) is 5.17. The molecule has 2 nitrogen and oxygen atoms in total. The predicted octanol–water partition coefficient (Wildman–Crippen LogP) is 2.74. The topological polar surface area (TPSA) is 18.5 Å². The van der Waals surface area contributed by atoms with E-state index in [0.717, 1.165) is 19.4 Å². The highest BCUT2D eigenvalue weighted by Gasteiger charge is 2.30. The van der Waals surface area contributed by atoms with Crippen LogP contribution in [0, 0.1) is 5.92 Å². The van der Waals surface area contributed by atoms with Crippen LogP contribution in [0.25, 0.3) is 0 Å². The fourth-order valence-electron chi connectivity index (χ4n) is 1.56. The lowest BCUT2D eigenvalue weighted by Gasteiger charge is -2.11. The van der Waals surface area contributed by atoms with Crippen molar-refractivity contribution in [3.05, 3.63) is 12.7 Å². The molecule has 0 saturated carbocycles. The minimum Gasteiger partial charge on any atom is -0.353 e. The van der Waals surface area contributed by atoms with Crippen molar-refractivity contribution in [2.24, 2.45) is 5.92 Å². The van der Waals surface area contributed by atoms with Gasteiger partial charge in [0.1, 0.15) is 0 Å². The Labute approximate surface area is 80.9 Å². The van der Waals surface area contributed by atoms with Crippen molar-refractivity contribution in [2.75, 3.05) is 6.61 Å². The fourth-order valence-corrected chi connectivity index (χ4v) is 1.56. The third-order valence-electron chi connectivity index (χ3n) is 2.54. The van der Waals surface area contributed by atoms with Crippen molar-refractivity contribution in [2.45, 2.75) is 45.5 Å². The quantitative estimate of drug-likeness (QED) is 0.483. The van der Waals surface area contributed by atoms with Crippen molar-refractivity contribution in [1.29, 1.82) is 0 Å². The van der Waals surface area contributed by atoms with E-state index in [4.69, 9.17) is 9.47 Å². The van der Waals surface area contributed by atoms with Crippen LogP contribution >= 0.6 is 0 Å². The molecular formula is C11H20O2. The van der Waals surface area contributed by atoms with Crippen LogP contribution in [-0.4, -0.2) is 19.0 Å². The molecule has 0 aromatic carbocycles. The Bertz CT molecular complexity index is 156. The van der Waals surface area contributed by atoms with Gasteiger partial charge in [-0.15, -0.1) is 6.58 Å². The summed E-state index contributed by atoms with van der Waals surface area (Å²) in [6.45, 7) is 8.85. The molecule has 13 heavy (non-hydrogen) atoms. The molecule has 2 heteroatoms. The van der Waals surface area contributed by atoms with Crippen LogP contribution in [0.4, 0.5) is 0 Å². The molecular weight excluding hydrogens is 164 g/mol. The molecule has 3 unspecified atom stereocenters. The minimum atomic E-state index is 0.00421. The van der Waals surface area contributed by atoms with Crippen molar-refractivity contribution in [1.82, 2.24) is 0 Å². The molecule has 1 rings (SSSR count). The van der Waals surface area contributed by atoms with Gasteiger partial charge in [-0.3, -0.25) is 0 Å². The van der Waals surface area contributed by atoms with Crippen LogP contribution < -0.4 is 0 Å². The first kappa shape index (κ1) is 10.7. The number of unbranched alkanes of at least 4 members (excludes halogenated alkanes) is 1. The zero-order valence-corrected chi connectivity index (χ0v) is 8.66. The number of rotatable bonds is 5. The fraction of sp³-hybridized carbons (Fsp3) is 0.818. The number of hydrogen-bond donors (Lipinski definition) is 0. The highest BCUT2D eigenvalue weighted by Crippen LogP contribution is 2.27. The van der Waals surface area contributed by atoms with Gasteiger partial charge in [0, 0.05) is 18.9 Å². The lowest BCUT2D eigenvalue weighted by atomic mass is 10.0. The Morgan fingerprint density at radius 3 is 2.92 bits per heavy atom. The average Bonchev–Trinajstić information content (AvgIpc) is 2.47. The molecule has 3 atom stereocenters. The largest absolute Gasteiger partial charge is 0.353 e. The highest BCUT2D eigenvalue weighted by molar-refractivity contribution is 4.88. The van der Waals surface area contributed by atoms with E-state index >= 15 is 0 Å². The second-order valence-electron chi connectivity index (χ2n) is 3.63. The summed E-state index contributed by atoms with van der Waals surface area (Å²) in [5.41, 5.74) is 0. The summed E-state index contributed by atoms with van der Waals surface area (Å²) in [6.07, 6.45) is 5.50. The second kappa shape index (κ2) is 5.40. The summed E-state index contributed by atoms with van der Waals surface area (Å²) in [6, 6.07) is 0. The van der Waals surface area contributed by atoms with E-state index in [1.165, 1.54) is 6.42 Å². The zero-order valence-electron chi connectivity index (χ0n) is 8.66. The van der Waals surface area contributed by atoms with Gasteiger partial charge in [-0.2, -0.15) is 0 Å². The van der Waals surface area contributed by atoms with Gasteiger partial charge in [0.15, 0.2) is 6.29 Å². The van der Waals surface area contributed by atoms with Crippen molar-refractivity contribution < 1.29 is 9.47 Å². The van der Waals surface area contributed by atoms with Crippen LogP contribution in [0.5, 0.6) is 0 Å². The van der Waals surface area contributed by atoms with E-state index in [0.29, 0.717) is 5.92 Å². The standard InChI is InChI=1S/C11H20O2/c1-4-6-7-12-11-8-10(5-2)9(3)13-11/h5,9-11H,2,4,6-8H2,1,3H3. The normalized spacial score (nSPS) is 33.5. The Hall–Kier alpha value is -0.340. The summed E-state index contributed by atoms with van der Waals surface area (Å²) in [4.78, 5) is 0. The van der Waals surface area contributed by atoms with Crippen LogP contribution in [0.1, 0.15) is 33.1 Å². The van der Waals surface area contributed by atoms with E-state index in [9.17, 15) is 0 Å². The van der Waals surface area contributed by atoms with Crippen LogP contribution in [0.15, 0.2) is 12.7 Å². The maximum absolute atomic E-state index is 5.62. The van der Waals surface area contributed by atoms with E-state index in [-0.39, 0.29) is 12.4 Å². The minimum absolute atomic E-state index is 0.00421. The van der Waals surface area contributed by atoms with Gasteiger partial charge in [0.05, 0.1) is 6.10 Å². The summed E-state index contributed by atoms with van der Waals surface area (Å²) in [5.74, 6) is 0.464. The van der Waals surface area contributed by atoms with Crippen LogP contribution in [-0.2, 0) is 9.47 Å². The van der Waals surface area contributed by atoms with Gasteiger partial charge in [-0.05, 0) is 13.3 Å². The molecule has 76 valence electrons. The second-order valence-corrected chi connectivity index (χ2v) is 3.63. The first-order valence-corrected chi connectivity index (χ1v) is 5.17. The molecule has 0 radical (unpaired) electrons. The van der Waals surface area contributed by atoms with Gasteiger partial charge in [0.25, 0.3) is 0 Å². The van der Waals surface area contributed by atoms with E-state index in [1.807, 2.05) is 6.08 Å². The maximum atomic E-state index is 5.62. The van der Waals surface area contributed by atoms with Gasteiger partial charge in [0.2, 0.25) is 0 Å². The third-order valence-corrected chi connectivity index (χ3v) is 2.54. The molecule has 0 spiro atoms. The van der Waals surface area contributed by atoms with Gasteiger partial charge in [-0.1, -0.05) is 19.4 Å². The maximum Gasteiger partial charge on any atom is 0.158 e. The lowest BCUT2D eigenvalue weighted by Crippen LogP contribution is -2.13. The molecule has 1 fully saturated rings. The van der Waals surface area contributed by atoms with Crippen molar-refractivity contribution >= 4 is 0 Å². The Morgan fingerprint density at radius 1 is 1.62 bits per heavy atom. The smallest absolute Gasteiger partial charge is 0.158 e. The summed E-state index contributed by atoms with van der Waals surface area (Å²) in [7, 11) is 0. The number of hydrogen-bond acceptors (Lipinski definition) is 2. The molecule has 0 N–H and O–H groups in total. The van der Waals surface area contributed by atoms with Gasteiger partial charge in [-0.25, -0.2) is 0 Å². The Balaban J connectivity index is 2.19. The summed E-state index contributed by atoms with van der Waals surface area (Å²) < 4.78 is 11.2. The number of ether oxygens (including phenoxy) is 2. The van der Waals surface area contributed by atoms with Crippen molar-refractivity contribution in [3.8, 4) is 0 Å². The summed E-state index contributed by atoms with van der Waals surface area (Å²) in [5, 5.41) is 0. The predicted molar refractivity (Wildman–Crippen MR) is 53.5 cm³/mol.